The van der Waals surface area contributed by atoms with Gasteiger partial charge in [-0.3, -0.25) is 0 Å². The van der Waals surface area contributed by atoms with Crippen molar-refractivity contribution < 1.29 is 23.4 Å². The quantitative estimate of drug-likeness (QED) is 0.361. The van der Waals surface area contributed by atoms with Crippen molar-refractivity contribution in [2.24, 2.45) is 0 Å². The van der Waals surface area contributed by atoms with E-state index in [9.17, 15) is 4.79 Å². The van der Waals surface area contributed by atoms with Gasteiger partial charge in [-0.1, -0.05) is 99.6 Å². The number of benzene rings is 3. The Bertz CT molecular complexity index is 1010. The third-order valence-corrected chi connectivity index (χ3v) is 11.1. The van der Waals surface area contributed by atoms with Crippen LogP contribution in [0.2, 0.25) is 5.04 Å². The molecule has 3 aromatic carbocycles. The lowest BCUT2D eigenvalue weighted by Crippen LogP contribution is -2.67. The first kappa shape index (κ1) is 24.4. The lowest BCUT2D eigenvalue weighted by Gasteiger charge is -2.43. The van der Waals surface area contributed by atoms with Gasteiger partial charge >= 0.3 is 5.97 Å². The van der Waals surface area contributed by atoms with Crippen LogP contribution >= 0.6 is 0 Å². The second-order valence-corrected chi connectivity index (χ2v) is 13.8. The third-order valence-electron chi connectivity index (χ3n) is 6.07. The van der Waals surface area contributed by atoms with Crippen LogP contribution in [-0.4, -0.2) is 46.5 Å². The largest absolute Gasteiger partial charge is 0.457 e. The minimum absolute atomic E-state index is 0.0451. The fraction of sp³-hybridized carbons (Fsp3) is 0.321. The van der Waals surface area contributed by atoms with Crippen molar-refractivity contribution in [1.82, 2.24) is 0 Å². The Morgan fingerprint density at radius 1 is 0.853 bits per heavy atom. The maximum absolute atomic E-state index is 12.2. The highest BCUT2D eigenvalue weighted by Gasteiger charge is 2.50. The molecule has 1 aliphatic heterocycles. The van der Waals surface area contributed by atoms with Gasteiger partial charge in [-0.25, -0.2) is 4.79 Å². The summed E-state index contributed by atoms with van der Waals surface area (Å²) in [6, 6.07) is 29.9. The molecule has 3 aromatic rings. The van der Waals surface area contributed by atoms with Gasteiger partial charge < -0.3 is 18.6 Å². The molecule has 1 saturated heterocycles. The van der Waals surface area contributed by atoms with Crippen LogP contribution in [0, 0.1) is 0 Å². The Labute approximate surface area is 202 Å². The molecule has 0 N–H and O–H groups in total. The minimum Gasteiger partial charge on any atom is -0.457 e. The van der Waals surface area contributed by atoms with E-state index in [1.54, 1.807) is 24.3 Å². The van der Waals surface area contributed by atoms with E-state index in [0.717, 1.165) is 0 Å². The first-order valence-electron chi connectivity index (χ1n) is 11.6. The van der Waals surface area contributed by atoms with Crippen molar-refractivity contribution in [2.45, 2.75) is 38.2 Å². The van der Waals surface area contributed by atoms with Crippen molar-refractivity contribution in [3.8, 4) is 0 Å². The van der Waals surface area contributed by atoms with E-state index in [0.29, 0.717) is 18.8 Å². The predicted octanol–water partition coefficient (Wildman–Crippen LogP) is 4.16. The molecule has 1 heterocycles. The van der Waals surface area contributed by atoms with Crippen molar-refractivity contribution in [2.75, 3.05) is 19.8 Å². The molecular weight excluding hydrogens is 444 g/mol. The van der Waals surface area contributed by atoms with Crippen LogP contribution < -0.4 is 10.4 Å². The second kappa shape index (κ2) is 10.7. The molecule has 0 radical (unpaired) electrons. The van der Waals surface area contributed by atoms with Gasteiger partial charge in [0, 0.05) is 0 Å². The number of hydrogen-bond donors (Lipinski definition) is 0. The van der Waals surface area contributed by atoms with Gasteiger partial charge in [0.1, 0.15) is 12.7 Å². The number of carbonyl (C=O) groups is 1. The molecule has 0 spiro atoms. The fourth-order valence-electron chi connectivity index (χ4n) is 4.46. The van der Waals surface area contributed by atoms with Crippen LogP contribution in [0.25, 0.3) is 0 Å². The van der Waals surface area contributed by atoms with Crippen LogP contribution in [0.15, 0.2) is 91.0 Å². The summed E-state index contributed by atoms with van der Waals surface area (Å²) in [4.78, 5) is 12.2. The summed E-state index contributed by atoms with van der Waals surface area (Å²) >= 11 is 0. The molecule has 0 amide bonds. The topological polar surface area (TPSA) is 54.0 Å². The first-order chi connectivity index (χ1) is 16.4. The lowest BCUT2D eigenvalue weighted by atomic mass is 10.2. The van der Waals surface area contributed by atoms with Crippen LogP contribution in [0.5, 0.6) is 0 Å². The summed E-state index contributed by atoms with van der Waals surface area (Å²) in [7, 11) is -2.64. The van der Waals surface area contributed by atoms with Gasteiger partial charge in [0.05, 0.1) is 18.8 Å². The molecule has 1 aliphatic rings. The van der Waals surface area contributed by atoms with E-state index in [1.165, 1.54) is 10.4 Å². The van der Waals surface area contributed by atoms with E-state index >= 15 is 0 Å². The van der Waals surface area contributed by atoms with Gasteiger partial charge in [0.15, 0.2) is 6.29 Å². The van der Waals surface area contributed by atoms with Gasteiger partial charge in [-0.2, -0.15) is 0 Å². The van der Waals surface area contributed by atoms with Gasteiger partial charge in [0.2, 0.25) is 0 Å². The molecule has 34 heavy (non-hydrogen) atoms. The molecule has 178 valence electrons. The molecule has 6 heteroatoms. The summed E-state index contributed by atoms with van der Waals surface area (Å²) in [5, 5.41) is 2.33. The van der Waals surface area contributed by atoms with Gasteiger partial charge in [-0.15, -0.1) is 0 Å². The molecular formula is C28H32O5Si. The van der Waals surface area contributed by atoms with Gasteiger partial charge in [0.25, 0.3) is 8.32 Å². The highest BCUT2D eigenvalue weighted by atomic mass is 28.4. The average molecular weight is 477 g/mol. The molecule has 4 rings (SSSR count). The smallest absolute Gasteiger partial charge is 0.338 e. The summed E-state index contributed by atoms with van der Waals surface area (Å²) in [6.45, 7) is 7.58. The third kappa shape index (κ3) is 5.31. The van der Waals surface area contributed by atoms with Crippen LogP contribution in [-0.2, 0) is 18.6 Å². The monoisotopic (exact) mass is 476 g/mol. The summed E-state index contributed by atoms with van der Waals surface area (Å²) < 4.78 is 24.1. The Morgan fingerprint density at radius 2 is 1.38 bits per heavy atom. The van der Waals surface area contributed by atoms with E-state index in [-0.39, 0.29) is 23.7 Å². The Kier molecular flexibility index (Phi) is 7.63. The molecule has 0 aromatic heterocycles. The number of hydrogen-bond acceptors (Lipinski definition) is 5. The molecule has 5 nitrogen and oxygen atoms in total. The minimum atomic E-state index is -2.64. The number of ether oxygens (including phenoxy) is 3. The lowest BCUT2D eigenvalue weighted by molar-refractivity contribution is -0.0965. The number of esters is 1. The maximum Gasteiger partial charge on any atom is 0.338 e. The molecule has 0 bridgehead atoms. The number of carbonyl (C=O) groups excluding carboxylic acids is 1. The fourth-order valence-corrected chi connectivity index (χ4v) is 9.05. The summed E-state index contributed by atoms with van der Waals surface area (Å²) in [6.07, 6.45) is -0.831. The highest BCUT2D eigenvalue weighted by molar-refractivity contribution is 6.99. The van der Waals surface area contributed by atoms with Crippen molar-refractivity contribution >= 4 is 24.7 Å². The SMILES string of the molecule is CC(C)(C)[Si](OC[C@@H]1CO[C@H](COC(=O)c2ccccc2)O1)(c1ccccc1)c1ccccc1. The zero-order chi connectivity index (χ0) is 24.0. The van der Waals surface area contributed by atoms with E-state index < -0.39 is 14.6 Å². The summed E-state index contributed by atoms with van der Waals surface area (Å²) in [5.41, 5.74) is 0.507. The normalized spacial score (nSPS) is 18.6. The second-order valence-electron chi connectivity index (χ2n) is 9.46. The Morgan fingerprint density at radius 3 is 1.91 bits per heavy atom. The average Bonchev–Trinajstić information content (AvgIpc) is 3.32. The number of rotatable bonds is 8. The molecule has 2 atom stereocenters. The Balaban J connectivity index is 1.45. The Hall–Kier alpha value is -2.77. The standard InChI is InChI=1S/C28H32O5Si/c1-28(2,3)34(24-15-9-5-10-16-24,25-17-11-6-12-18-25)32-20-23-19-30-26(33-23)21-31-27(29)22-13-7-4-8-14-22/h4-18,23,26H,19-21H2,1-3H3/t23-,26-/m0/s1. The molecule has 0 aliphatic carbocycles. The molecule has 0 unspecified atom stereocenters. The van der Waals surface area contributed by atoms with Crippen LogP contribution in [0.4, 0.5) is 0 Å². The maximum atomic E-state index is 12.2. The van der Waals surface area contributed by atoms with E-state index in [4.69, 9.17) is 18.6 Å². The predicted molar refractivity (Wildman–Crippen MR) is 135 cm³/mol. The van der Waals surface area contributed by atoms with Crippen molar-refractivity contribution in [3.05, 3.63) is 96.6 Å². The molecule has 1 fully saturated rings. The van der Waals surface area contributed by atoms with Crippen molar-refractivity contribution in [3.63, 3.8) is 0 Å². The molecule has 0 saturated carbocycles. The summed E-state index contributed by atoms with van der Waals surface area (Å²) in [5.74, 6) is -0.389. The van der Waals surface area contributed by atoms with Crippen molar-refractivity contribution in [1.29, 1.82) is 0 Å². The first-order valence-corrected chi connectivity index (χ1v) is 13.6. The van der Waals surface area contributed by atoms with E-state index in [1.807, 2.05) is 18.2 Å². The highest BCUT2D eigenvalue weighted by Crippen LogP contribution is 2.37. The van der Waals surface area contributed by atoms with Crippen LogP contribution in [0.1, 0.15) is 31.1 Å². The van der Waals surface area contributed by atoms with Gasteiger partial charge in [-0.05, 0) is 27.5 Å². The van der Waals surface area contributed by atoms with Crippen LogP contribution in [0.3, 0.4) is 0 Å². The zero-order valence-corrected chi connectivity index (χ0v) is 21.0. The van der Waals surface area contributed by atoms with E-state index in [2.05, 4.69) is 69.3 Å². The zero-order valence-electron chi connectivity index (χ0n) is 20.0.